The van der Waals surface area contributed by atoms with Crippen LogP contribution in [-0.2, 0) is 0 Å². The van der Waals surface area contributed by atoms with E-state index >= 15 is 0 Å². The Labute approximate surface area is 117 Å². The first kappa shape index (κ1) is 13.4. The molecule has 0 saturated heterocycles. The van der Waals surface area contributed by atoms with Gasteiger partial charge in [0.05, 0.1) is 22.3 Å². The van der Waals surface area contributed by atoms with Gasteiger partial charge in [-0.2, -0.15) is 5.10 Å². The molecule has 0 unspecified atom stereocenters. The second kappa shape index (κ2) is 5.33. The van der Waals surface area contributed by atoms with Crippen molar-refractivity contribution < 1.29 is 9.18 Å². The maximum Gasteiger partial charge on any atom is 0.259 e. The average Bonchev–Trinajstić information content (AvgIpc) is 2.80. The lowest BCUT2D eigenvalue weighted by Gasteiger charge is -2.06. The van der Waals surface area contributed by atoms with E-state index in [0.29, 0.717) is 5.56 Å². The maximum atomic E-state index is 13.7. The standard InChI is InChI=1S/C11H8ClFN4OS/c12-7-3-1-2-5(8(7)13)11(18)16-10-6(9(14)19)4-15-17-10/h1-4H,(H2,14,19)(H2,15,16,17,18). The highest BCUT2D eigenvalue weighted by Gasteiger charge is 2.17. The van der Waals surface area contributed by atoms with Crippen LogP contribution in [0.25, 0.3) is 0 Å². The summed E-state index contributed by atoms with van der Waals surface area (Å²) in [6.07, 6.45) is 1.37. The van der Waals surface area contributed by atoms with Crippen molar-refractivity contribution in [1.29, 1.82) is 0 Å². The molecule has 0 atom stereocenters. The zero-order chi connectivity index (χ0) is 14.0. The van der Waals surface area contributed by atoms with Gasteiger partial charge in [-0.15, -0.1) is 0 Å². The predicted octanol–water partition coefficient (Wildman–Crippen LogP) is 2.09. The fourth-order valence-electron chi connectivity index (χ4n) is 1.43. The van der Waals surface area contributed by atoms with Crippen LogP contribution in [0, 0.1) is 5.82 Å². The number of nitrogens with two attached hydrogens (primary N) is 1. The van der Waals surface area contributed by atoms with Gasteiger partial charge in [0, 0.05) is 0 Å². The van der Waals surface area contributed by atoms with Crippen LogP contribution in [0.4, 0.5) is 10.2 Å². The third-order valence-electron chi connectivity index (χ3n) is 2.34. The molecule has 1 aromatic carbocycles. The van der Waals surface area contributed by atoms with E-state index in [1.54, 1.807) is 0 Å². The molecule has 2 rings (SSSR count). The Morgan fingerprint density at radius 2 is 2.21 bits per heavy atom. The number of rotatable bonds is 3. The number of aromatic nitrogens is 2. The van der Waals surface area contributed by atoms with E-state index in [1.165, 1.54) is 24.4 Å². The molecule has 0 spiro atoms. The monoisotopic (exact) mass is 298 g/mol. The number of benzene rings is 1. The molecule has 1 aromatic heterocycles. The lowest BCUT2D eigenvalue weighted by Crippen LogP contribution is -2.18. The van der Waals surface area contributed by atoms with E-state index in [-0.39, 0.29) is 21.4 Å². The third kappa shape index (κ3) is 2.72. The van der Waals surface area contributed by atoms with E-state index < -0.39 is 11.7 Å². The van der Waals surface area contributed by atoms with Gasteiger partial charge in [-0.1, -0.05) is 29.9 Å². The summed E-state index contributed by atoms with van der Waals surface area (Å²) in [7, 11) is 0. The Kier molecular flexibility index (Phi) is 3.77. The van der Waals surface area contributed by atoms with Crippen LogP contribution in [0.2, 0.25) is 5.02 Å². The minimum absolute atomic E-state index is 0.0654. The molecular weight excluding hydrogens is 291 g/mol. The van der Waals surface area contributed by atoms with Crippen molar-refractivity contribution in [3.05, 3.63) is 46.4 Å². The summed E-state index contributed by atoms with van der Waals surface area (Å²) in [5.74, 6) is -1.27. The summed E-state index contributed by atoms with van der Waals surface area (Å²) in [6.45, 7) is 0. The third-order valence-corrected chi connectivity index (χ3v) is 2.85. The number of halogens is 2. The Bertz CT molecular complexity index is 658. The summed E-state index contributed by atoms with van der Waals surface area (Å²) in [5.41, 5.74) is 5.63. The minimum Gasteiger partial charge on any atom is -0.389 e. The predicted molar refractivity (Wildman–Crippen MR) is 73.8 cm³/mol. The van der Waals surface area contributed by atoms with Crippen LogP contribution in [-0.4, -0.2) is 21.1 Å². The fourth-order valence-corrected chi connectivity index (χ4v) is 1.76. The van der Waals surface area contributed by atoms with Crippen molar-refractivity contribution in [2.24, 2.45) is 5.73 Å². The molecule has 1 heterocycles. The number of anilines is 1. The lowest BCUT2D eigenvalue weighted by molar-refractivity contribution is 0.102. The number of H-pyrrole nitrogens is 1. The molecule has 0 aliphatic carbocycles. The quantitative estimate of drug-likeness (QED) is 0.758. The fraction of sp³-hybridized carbons (Fsp3) is 0. The number of thiocarbonyl (C=S) groups is 1. The summed E-state index contributed by atoms with van der Waals surface area (Å²) in [5, 5.41) is 8.52. The SMILES string of the molecule is NC(=S)c1cn[nH]c1NC(=O)c1cccc(Cl)c1F. The van der Waals surface area contributed by atoms with Gasteiger partial charge in [0.1, 0.15) is 10.8 Å². The minimum atomic E-state index is -0.793. The molecule has 0 fully saturated rings. The second-order valence-electron chi connectivity index (χ2n) is 3.58. The molecule has 2 aromatic rings. The number of hydrogen-bond donors (Lipinski definition) is 3. The molecule has 0 aliphatic heterocycles. The largest absolute Gasteiger partial charge is 0.389 e. The number of amides is 1. The van der Waals surface area contributed by atoms with E-state index in [0.717, 1.165) is 0 Å². The van der Waals surface area contributed by atoms with Gasteiger partial charge in [-0.25, -0.2) is 4.39 Å². The molecular formula is C11H8ClFN4OS. The van der Waals surface area contributed by atoms with Crippen molar-refractivity contribution in [2.45, 2.75) is 0 Å². The zero-order valence-electron chi connectivity index (χ0n) is 9.41. The molecule has 4 N–H and O–H groups in total. The molecule has 0 saturated carbocycles. The van der Waals surface area contributed by atoms with Crippen molar-refractivity contribution in [3.63, 3.8) is 0 Å². The molecule has 98 valence electrons. The van der Waals surface area contributed by atoms with Crippen LogP contribution in [0.15, 0.2) is 24.4 Å². The summed E-state index contributed by atoms with van der Waals surface area (Å²) >= 11 is 10.4. The van der Waals surface area contributed by atoms with Crippen LogP contribution < -0.4 is 11.1 Å². The molecule has 0 radical (unpaired) electrons. The normalized spacial score (nSPS) is 10.2. The molecule has 0 aliphatic rings. The highest BCUT2D eigenvalue weighted by molar-refractivity contribution is 7.80. The van der Waals surface area contributed by atoms with Gasteiger partial charge in [-0.05, 0) is 12.1 Å². The molecule has 0 bridgehead atoms. The summed E-state index contributed by atoms with van der Waals surface area (Å²) < 4.78 is 13.7. The average molecular weight is 299 g/mol. The lowest BCUT2D eigenvalue weighted by atomic mass is 10.2. The number of nitrogens with one attached hydrogen (secondary N) is 2. The topological polar surface area (TPSA) is 83.8 Å². The number of carbonyl (C=O) groups is 1. The number of carbonyl (C=O) groups excluding carboxylic acids is 1. The van der Waals surface area contributed by atoms with Gasteiger partial charge in [-0.3, -0.25) is 9.89 Å². The van der Waals surface area contributed by atoms with Crippen LogP contribution in [0.3, 0.4) is 0 Å². The van der Waals surface area contributed by atoms with Gasteiger partial charge < -0.3 is 11.1 Å². The van der Waals surface area contributed by atoms with E-state index in [2.05, 4.69) is 15.5 Å². The number of hydrogen-bond acceptors (Lipinski definition) is 3. The smallest absolute Gasteiger partial charge is 0.259 e. The molecule has 1 amide bonds. The Morgan fingerprint density at radius 1 is 1.47 bits per heavy atom. The summed E-state index contributed by atoms with van der Waals surface area (Å²) in [4.78, 5) is 12.0. The highest BCUT2D eigenvalue weighted by Crippen LogP contribution is 2.19. The van der Waals surface area contributed by atoms with Crippen LogP contribution in [0.1, 0.15) is 15.9 Å². The second-order valence-corrected chi connectivity index (χ2v) is 4.43. The van der Waals surface area contributed by atoms with Crippen molar-refractivity contribution >= 4 is 40.5 Å². The van der Waals surface area contributed by atoms with Gasteiger partial charge in [0.15, 0.2) is 5.82 Å². The zero-order valence-corrected chi connectivity index (χ0v) is 11.0. The molecule has 8 heteroatoms. The number of nitrogens with zero attached hydrogens (tertiary/aromatic N) is 1. The van der Waals surface area contributed by atoms with Gasteiger partial charge >= 0.3 is 0 Å². The first-order valence-electron chi connectivity index (χ1n) is 5.09. The molecule has 5 nitrogen and oxygen atoms in total. The first-order chi connectivity index (χ1) is 9.00. The molecule has 19 heavy (non-hydrogen) atoms. The van der Waals surface area contributed by atoms with Crippen molar-refractivity contribution in [3.8, 4) is 0 Å². The van der Waals surface area contributed by atoms with Crippen LogP contribution in [0.5, 0.6) is 0 Å². The van der Waals surface area contributed by atoms with E-state index in [4.69, 9.17) is 29.6 Å². The Balaban J connectivity index is 2.29. The van der Waals surface area contributed by atoms with Gasteiger partial charge in [0.2, 0.25) is 0 Å². The Hall–Kier alpha value is -1.99. The summed E-state index contributed by atoms with van der Waals surface area (Å²) in [6, 6.07) is 4.14. The number of aromatic amines is 1. The Morgan fingerprint density at radius 3 is 2.89 bits per heavy atom. The first-order valence-corrected chi connectivity index (χ1v) is 5.88. The maximum absolute atomic E-state index is 13.7. The highest BCUT2D eigenvalue weighted by atomic mass is 35.5. The van der Waals surface area contributed by atoms with Gasteiger partial charge in [0.25, 0.3) is 5.91 Å². The van der Waals surface area contributed by atoms with Crippen molar-refractivity contribution in [1.82, 2.24) is 10.2 Å². The van der Waals surface area contributed by atoms with E-state index in [1.807, 2.05) is 0 Å². The van der Waals surface area contributed by atoms with Crippen LogP contribution >= 0.6 is 23.8 Å². The van der Waals surface area contributed by atoms with Crippen molar-refractivity contribution in [2.75, 3.05) is 5.32 Å². The van der Waals surface area contributed by atoms with E-state index in [9.17, 15) is 9.18 Å².